The fraction of sp³-hybridized carbons (Fsp3) is 0.824. The second-order valence-electron chi connectivity index (χ2n) is 7.60. The Labute approximate surface area is 121 Å². The van der Waals surface area contributed by atoms with Gasteiger partial charge in [0.1, 0.15) is 5.60 Å². The van der Waals surface area contributed by atoms with Gasteiger partial charge in [-0.25, -0.2) is 0 Å². The first-order chi connectivity index (χ1) is 9.38. The molecule has 20 heavy (non-hydrogen) atoms. The van der Waals surface area contributed by atoms with E-state index in [1.54, 1.807) is 0 Å². The molecule has 2 aliphatic heterocycles. The van der Waals surface area contributed by atoms with Crippen molar-refractivity contribution in [2.75, 3.05) is 0 Å². The minimum absolute atomic E-state index is 0.0184. The zero-order valence-corrected chi connectivity index (χ0v) is 12.9. The molecule has 3 aliphatic rings. The molecule has 2 fully saturated rings. The largest absolute Gasteiger partial charge is 0.460 e. The molecule has 0 aromatic rings. The van der Waals surface area contributed by atoms with Crippen LogP contribution < -0.4 is 0 Å². The van der Waals surface area contributed by atoms with Crippen molar-refractivity contribution in [3.8, 4) is 0 Å². The van der Waals surface area contributed by atoms with Crippen LogP contribution in [0, 0.1) is 11.8 Å². The second-order valence-corrected chi connectivity index (χ2v) is 7.60. The van der Waals surface area contributed by atoms with Gasteiger partial charge in [0.05, 0.1) is 17.6 Å². The Morgan fingerprint density at radius 2 is 2.10 bits per heavy atom. The number of hydrogen-bond acceptors (Lipinski definition) is 3. The van der Waals surface area contributed by atoms with E-state index in [0.717, 1.165) is 32.1 Å². The van der Waals surface area contributed by atoms with Gasteiger partial charge in [-0.15, -0.1) is 0 Å². The maximum Gasteiger partial charge on any atom is 0.309 e. The lowest BCUT2D eigenvalue weighted by Gasteiger charge is -2.38. The van der Waals surface area contributed by atoms with Crippen LogP contribution >= 0.6 is 0 Å². The maximum atomic E-state index is 12.3. The van der Waals surface area contributed by atoms with Crippen molar-refractivity contribution in [1.82, 2.24) is 0 Å². The Kier molecular flexibility index (Phi) is 3.44. The zero-order chi connectivity index (χ0) is 14.4. The lowest BCUT2D eigenvalue weighted by atomic mass is 9.71. The highest BCUT2D eigenvalue weighted by Gasteiger charge is 2.49. The summed E-state index contributed by atoms with van der Waals surface area (Å²) in [7, 11) is 0. The highest BCUT2D eigenvalue weighted by atomic mass is 16.6. The van der Waals surface area contributed by atoms with Gasteiger partial charge in [0, 0.05) is 0 Å². The van der Waals surface area contributed by atoms with E-state index in [1.807, 2.05) is 20.8 Å². The molecule has 1 saturated heterocycles. The number of ether oxygens (including phenoxy) is 2. The molecular weight excluding hydrogens is 252 g/mol. The number of carbonyl (C=O) groups excluding carboxylic acids is 1. The smallest absolute Gasteiger partial charge is 0.309 e. The van der Waals surface area contributed by atoms with Gasteiger partial charge in [-0.05, 0) is 58.8 Å². The minimum Gasteiger partial charge on any atom is -0.460 e. The molecule has 0 radical (unpaired) electrons. The van der Waals surface area contributed by atoms with Gasteiger partial charge in [0.25, 0.3) is 0 Å². The standard InChI is InChI=1S/C17H26O3/c1-16(2,3)20-15(18)12-5-4-6-13(11-12)17-9-7-14(19-17)8-10-17/h7,9,12-14H,4-6,8,10-11H2,1-3H3. The van der Waals surface area contributed by atoms with Crippen molar-refractivity contribution >= 4 is 5.97 Å². The second kappa shape index (κ2) is 4.87. The number of hydrogen-bond donors (Lipinski definition) is 0. The SMILES string of the molecule is CC(C)(C)OC(=O)C1CCCC(C23C=CC(CC2)O3)C1. The first kappa shape index (κ1) is 14.1. The van der Waals surface area contributed by atoms with Crippen LogP contribution in [-0.2, 0) is 14.3 Å². The summed E-state index contributed by atoms with van der Waals surface area (Å²) in [6.07, 6.45) is 11.3. The first-order valence-electron chi connectivity index (χ1n) is 7.98. The van der Waals surface area contributed by atoms with E-state index < -0.39 is 0 Å². The fourth-order valence-corrected chi connectivity index (χ4v) is 3.97. The molecule has 4 unspecified atom stereocenters. The van der Waals surface area contributed by atoms with Gasteiger partial charge in [0.15, 0.2) is 0 Å². The van der Waals surface area contributed by atoms with Crippen LogP contribution in [0.25, 0.3) is 0 Å². The van der Waals surface area contributed by atoms with E-state index in [0.29, 0.717) is 12.0 Å². The number of fused-ring (bicyclic) bond motifs is 2. The Balaban J connectivity index is 1.65. The van der Waals surface area contributed by atoms with Crippen molar-refractivity contribution in [2.45, 2.75) is 76.6 Å². The molecule has 1 saturated carbocycles. The summed E-state index contributed by atoms with van der Waals surface area (Å²) < 4.78 is 11.7. The lowest BCUT2D eigenvalue weighted by Crippen LogP contribution is -2.40. The predicted molar refractivity (Wildman–Crippen MR) is 77.3 cm³/mol. The van der Waals surface area contributed by atoms with Crippen molar-refractivity contribution in [3.63, 3.8) is 0 Å². The zero-order valence-electron chi connectivity index (χ0n) is 12.9. The average Bonchev–Trinajstić information content (AvgIpc) is 2.98. The monoisotopic (exact) mass is 278 g/mol. The molecule has 0 aromatic heterocycles. The third-order valence-corrected chi connectivity index (χ3v) is 4.89. The number of esters is 1. The molecule has 0 spiro atoms. The van der Waals surface area contributed by atoms with Crippen LogP contribution in [-0.4, -0.2) is 23.3 Å². The number of rotatable bonds is 2. The molecule has 2 heterocycles. The predicted octanol–water partition coefficient (Wildman–Crippen LogP) is 3.62. The van der Waals surface area contributed by atoms with Gasteiger partial charge in [-0.2, -0.15) is 0 Å². The summed E-state index contributed by atoms with van der Waals surface area (Å²) in [5.74, 6) is 0.520. The van der Waals surface area contributed by atoms with Crippen LogP contribution in [0.4, 0.5) is 0 Å². The molecule has 3 nitrogen and oxygen atoms in total. The topological polar surface area (TPSA) is 35.5 Å². The molecular formula is C17H26O3. The van der Waals surface area contributed by atoms with Crippen LogP contribution in [0.5, 0.6) is 0 Å². The van der Waals surface area contributed by atoms with Crippen LogP contribution in [0.2, 0.25) is 0 Å². The molecule has 0 amide bonds. The molecule has 4 atom stereocenters. The van der Waals surface area contributed by atoms with Gasteiger partial charge in [-0.3, -0.25) is 4.79 Å². The van der Waals surface area contributed by atoms with E-state index in [1.165, 1.54) is 6.42 Å². The summed E-state index contributed by atoms with van der Waals surface area (Å²) in [4.78, 5) is 12.3. The average molecular weight is 278 g/mol. The first-order valence-corrected chi connectivity index (χ1v) is 7.98. The van der Waals surface area contributed by atoms with Gasteiger partial charge < -0.3 is 9.47 Å². The summed E-state index contributed by atoms with van der Waals surface area (Å²) in [6, 6.07) is 0. The summed E-state index contributed by atoms with van der Waals surface area (Å²) in [5.41, 5.74) is -0.449. The Morgan fingerprint density at radius 1 is 1.30 bits per heavy atom. The van der Waals surface area contributed by atoms with Gasteiger partial charge in [-0.1, -0.05) is 18.6 Å². The molecule has 2 bridgehead atoms. The quantitative estimate of drug-likeness (QED) is 0.571. The molecule has 3 rings (SSSR count). The van der Waals surface area contributed by atoms with Gasteiger partial charge >= 0.3 is 5.97 Å². The summed E-state index contributed by atoms with van der Waals surface area (Å²) in [6.45, 7) is 5.82. The van der Waals surface area contributed by atoms with Gasteiger partial charge in [0.2, 0.25) is 0 Å². The van der Waals surface area contributed by atoms with E-state index in [2.05, 4.69) is 12.2 Å². The molecule has 1 aliphatic carbocycles. The van der Waals surface area contributed by atoms with Crippen molar-refractivity contribution < 1.29 is 14.3 Å². The molecule has 0 aromatic carbocycles. The van der Waals surface area contributed by atoms with Crippen LogP contribution in [0.15, 0.2) is 12.2 Å². The lowest BCUT2D eigenvalue weighted by molar-refractivity contribution is -0.162. The van der Waals surface area contributed by atoms with Crippen LogP contribution in [0.3, 0.4) is 0 Å². The molecule has 0 N–H and O–H groups in total. The summed E-state index contributed by atoms with van der Waals surface area (Å²) in [5, 5.41) is 0. The Morgan fingerprint density at radius 3 is 2.65 bits per heavy atom. The highest BCUT2D eigenvalue weighted by molar-refractivity contribution is 5.73. The van der Waals surface area contributed by atoms with Crippen LogP contribution in [0.1, 0.15) is 59.3 Å². The molecule has 112 valence electrons. The van der Waals surface area contributed by atoms with Crippen molar-refractivity contribution in [2.24, 2.45) is 11.8 Å². The Hall–Kier alpha value is -0.830. The Bertz CT molecular complexity index is 420. The maximum absolute atomic E-state index is 12.3. The normalized spacial score (nSPS) is 40.0. The number of carbonyl (C=O) groups is 1. The molecule has 3 heteroatoms. The van der Waals surface area contributed by atoms with Crippen molar-refractivity contribution in [1.29, 1.82) is 0 Å². The van der Waals surface area contributed by atoms with E-state index in [9.17, 15) is 4.79 Å². The van der Waals surface area contributed by atoms with E-state index in [4.69, 9.17) is 9.47 Å². The van der Waals surface area contributed by atoms with E-state index in [-0.39, 0.29) is 23.1 Å². The highest BCUT2D eigenvalue weighted by Crippen LogP contribution is 2.49. The summed E-state index contributed by atoms with van der Waals surface area (Å²) >= 11 is 0. The fourth-order valence-electron chi connectivity index (χ4n) is 3.97. The van der Waals surface area contributed by atoms with Crippen molar-refractivity contribution in [3.05, 3.63) is 12.2 Å². The minimum atomic E-state index is -0.384. The third-order valence-electron chi connectivity index (χ3n) is 4.89. The van der Waals surface area contributed by atoms with E-state index >= 15 is 0 Å². The third kappa shape index (κ3) is 2.65.